The SMILES string of the molecule is CC1C[C@H]2CN2S(=O)(=O)O1. The lowest BCUT2D eigenvalue weighted by atomic mass is 10.2. The highest BCUT2D eigenvalue weighted by Gasteiger charge is 2.49. The van der Waals surface area contributed by atoms with Crippen LogP contribution in [0, 0.1) is 0 Å². The Morgan fingerprint density at radius 2 is 2.30 bits per heavy atom. The molecule has 0 aliphatic carbocycles. The van der Waals surface area contributed by atoms with E-state index in [-0.39, 0.29) is 12.1 Å². The van der Waals surface area contributed by atoms with Crippen LogP contribution >= 0.6 is 0 Å². The van der Waals surface area contributed by atoms with Gasteiger partial charge in [-0.1, -0.05) is 0 Å². The van der Waals surface area contributed by atoms with Gasteiger partial charge in [0.05, 0.1) is 6.10 Å². The van der Waals surface area contributed by atoms with Gasteiger partial charge in [0.15, 0.2) is 0 Å². The van der Waals surface area contributed by atoms with Gasteiger partial charge in [0.2, 0.25) is 0 Å². The molecule has 0 aromatic rings. The van der Waals surface area contributed by atoms with Crippen molar-refractivity contribution in [2.24, 2.45) is 0 Å². The Kier molecular flexibility index (Phi) is 1.13. The molecule has 10 heavy (non-hydrogen) atoms. The lowest BCUT2D eigenvalue weighted by Crippen LogP contribution is -2.29. The molecule has 2 saturated heterocycles. The molecule has 2 aliphatic heterocycles. The van der Waals surface area contributed by atoms with Crippen LogP contribution in [0.25, 0.3) is 0 Å². The topological polar surface area (TPSA) is 46.4 Å². The van der Waals surface area contributed by atoms with Crippen LogP contribution in [0.15, 0.2) is 0 Å². The Bertz CT molecular complexity index is 248. The van der Waals surface area contributed by atoms with E-state index in [1.807, 2.05) is 0 Å². The number of fused-ring (bicyclic) bond motifs is 1. The van der Waals surface area contributed by atoms with Gasteiger partial charge in [-0.25, -0.2) is 0 Å². The van der Waals surface area contributed by atoms with E-state index < -0.39 is 10.3 Å². The molecule has 0 aromatic heterocycles. The lowest BCUT2D eigenvalue weighted by Gasteiger charge is -2.17. The van der Waals surface area contributed by atoms with Crippen LogP contribution in [0.1, 0.15) is 13.3 Å². The molecule has 58 valence electrons. The predicted octanol–water partition coefficient (Wildman–Crippen LogP) is -0.276. The summed E-state index contributed by atoms with van der Waals surface area (Å²) in [6.45, 7) is 2.44. The van der Waals surface area contributed by atoms with E-state index in [0.717, 1.165) is 6.42 Å². The fourth-order valence-electron chi connectivity index (χ4n) is 1.31. The molecule has 0 amide bonds. The maximum atomic E-state index is 10.9. The van der Waals surface area contributed by atoms with Gasteiger partial charge in [-0.05, 0) is 13.3 Å². The van der Waals surface area contributed by atoms with E-state index in [1.54, 1.807) is 6.92 Å². The molecule has 2 rings (SSSR count). The maximum absolute atomic E-state index is 10.9. The smallest absolute Gasteiger partial charge is 0.255 e. The summed E-state index contributed by atoms with van der Waals surface area (Å²) in [5, 5.41) is 0. The summed E-state index contributed by atoms with van der Waals surface area (Å²) in [6.07, 6.45) is 0.716. The molecule has 0 bridgehead atoms. The Labute approximate surface area is 60.0 Å². The van der Waals surface area contributed by atoms with Gasteiger partial charge >= 0.3 is 10.3 Å². The van der Waals surface area contributed by atoms with Crippen molar-refractivity contribution in [3.63, 3.8) is 0 Å². The fraction of sp³-hybridized carbons (Fsp3) is 1.00. The summed E-state index contributed by atoms with van der Waals surface area (Å²) in [5.74, 6) is 0. The van der Waals surface area contributed by atoms with Crippen LogP contribution in [-0.4, -0.2) is 31.4 Å². The molecule has 0 aromatic carbocycles. The van der Waals surface area contributed by atoms with Crippen LogP contribution in [0.3, 0.4) is 0 Å². The van der Waals surface area contributed by atoms with Gasteiger partial charge in [0.1, 0.15) is 0 Å². The van der Waals surface area contributed by atoms with Crippen molar-refractivity contribution in [1.29, 1.82) is 0 Å². The lowest BCUT2D eigenvalue weighted by molar-refractivity contribution is 0.183. The quantitative estimate of drug-likeness (QED) is 0.461. The average Bonchev–Trinajstić information content (AvgIpc) is 2.40. The third kappa shape index (κ3) is 0.853. The first-order valence-corrected chi connectivity index (χ1v) is 4.66. The van der Waals surface area contributed by atoms with E-state index in [0.29, 0.717) is 6.54 Å². The van der Waals surface area contributed by atoms with Gasteiger partial charge in [0.25, 0.3) is 0 Å². The van der Waals surface area contributed by atoms with Crippen molar-refractivity contribution in [3.05, 3.63) is 0 Å². The summed E-state index contributed by atoms with van der Waals surface area (Å²) in [4.78, 5) is 0. The highest BCUT2D eigenvalue weighted by Crippen LogP contribution is 2.33. The van der Waals surface area contributed by atoms with E-state index in [4.69, 9.17) is 4.18 Å². The second-order valence-electron chi connectivity index (χ2n) is 2.82. The Balaban J connectivity index is 2.25. The molecule has 0 N–H and O–H groups in total. The van der Waals surface area contributed by atoms with E-state index >= 15 is 0 Å². The standard InChI is InChI=1S/C5H9NO3S/c1-4-2-5-3-6(5)10(7,8)9-4/h4-5H,2-3H2,1H3/t4?,5-,6?/m0/s1. The molecule has 2 aliphatic rings. The van der Waals surface area contributed by atoms with Crippen LogP contribution in [-0.2, 0) is 14.5 Å². The number of hydrogen-bond acceptors (Lipinski definition) is 3. The van der Waals surface area contributed by atoms with Gasteiger partial charge in [-0.15, -0.1) is 0 Å². The summed E-state index contributed by atoms with van der Waals surface area (Å²) in [6, 6.07) is 0.244. The summed E-state index contributed by atoms with van der Waals surface area (Å²) in [5.41, 5.74) is 0. The molecule has 0 saturated carbocycles. The summed E-state index contributed by atoms with van der Waals surface area (Å²) in [7, 11) is -3.30. The minimum Gasteiger partial charge on any atom is -0.255 e. The zero-order valence-electron chi connectivity index (χ0n) is 5.65. The van der Waals surface area contributed by atoms with Crippen molar-refractivity contribution < 1.29 is 12.6 Å². The third-order valence-corrected chi connectivity index (χ3v) is 3.43. The molecule has 2 heterocycles. The van der Waals surface area contributed by atoms with Crippen molar-refractivity contribution >= 4 is 10.3 Å². The Morgan fingerprint density at radius 1 is 1.60 bits per heavy atom. The minimum absolute atomic E-state index is 0.131. The van der Waals surface area contributed by atoms with Crippen LogP contribution < -0.4 is 0 Å². The molecule has 0 spiro atoms. The van der Waals surface area contributed by atoms with Crippen molar-refractivity contribution in [3.8, 4) is 0 Å². The number of hydrogen-bond donors (Lipinski definition) is 0. The van der Waals surface area contributed by atoms with Crippen molar-refractivity contribution in [1.82, 2.24) is 4.31 Å². The molecular formula is C5H9NO3S. The maximum Gasteiger partial charge on any atom is 0.339 e. The molecule has 5 heteroatoms. The van der Waals surface area contributed by atoms with Gasteiger partial charge in [-0.2, -0.15) is 12.7 Å². The van der Waals surface area contributed by atoms with E-state index in [9.17, 15) is 8.42 Å². The molecule has 2 fully saturated rings. The minimum atomic E-state index is -3.30. The largest absolute Gasteiger partial charge is 0.339 e. The number of rotatable bonds is 0. The first-order valence-electron chi connectivity index (χ1n) is 3.29. The first-order chi connectivity index (χ1) is 4.59. The average molecular weight is 163 g/mol. The predicted molar refractivity (Wildman–Crippen MR) is 34.6 cm³/mol. The summed E-state index contributed by atoms with van der Waals surface area (Å²) >= 11 is 0. The Hall–Kier alpha value is -0.130. The first kappa shape index (κ1) is 6.57. The molecular weight excluding hydrogens is 154 g/mol. The van der Waals surface area contributed by atoms with Crippen LogP contribution in [0.2, 0.25) is 0 Å². The highest BCUT2D eigenvalue weighted by atomic mass is 32.2. The third-order valence-electron chi connectivity index (χ3n) is 1.84. The monoisotopic (exact) mass is 163 g/mol. The molecule has 2 unspecified atom stereocenters. The van der Waals surface area contributed by atoms with Gasteiger partial charge in [-0.3, -0.25) is 4.18 Å². The van der Waals surface area contributed by atoms with Crippen molar-refractivity contribution in [2.45, 2.75) is 25.5 Å². The molecule has 0 radical (unpaired) electrons. The van der Waals surface area contributed by atoms with Crippen LogP contribution in [0.5, 0.6) is 0 Å². The second kappa shape index (κ2) is 1.72. The van der Waals surface area contributed by atoms with Gasteiger partial charge < -0.3 is 0 Å². The van der Waals surface area contributed by atoms with E-state index in [2.05, 4.69) is 0 Å². The van der Waals surface area contributed by atoms with Crippen molar-refractivity contribution in [2.75, 3.05) is 6.54 Å². The van der Waals surface area contributed by atoms with Crippen LogP contribution in [0.4, 0.5) is 0 Å². The molecule has 4 nitrogen and oxygen atoms in total. The fourth-order valence-corrected chi connectivity index (χ4v) is 2.72. The zero-order chi connectivity index (χ0) is 7.35. The van der Waals surface area contributed by atoms with Gasteiger partial charge in [0, 0.05) is 12.6 Å². The second-order valence-corrected chi connectivity index (χ2v) is 4.34. The highest BCUT2D eigenvalue weighted by molar-refractivity contribution is 7.84. The summed E-state index contributed by atoms with van der Waals surface area (Å²) < 4.78 is 28.0. The molecule has 3 atom stereocenters. The Morgan fingerprint density at radius 3 is 2.90 bits per heavy atom. The zero-order valence-corrected chi connectivity index (χ0v) is 6.47. The normalized spacial score (nSPS) is 49.9. The number of nitrogens with zero attached hydrogens (tertiary/aromatic N) is 1. The van der Waals surface area contributed by atoms with E-state index in [1.165, 1.54) is 4.31 Å².